The van der Waals surface area contributed by atoms with Crippen molar-refractivity contribution in [3.63, 3.8) is 0 Å². The first-order valence-electron chi connectivity index (χ1n) is 5.80. The summed E-state index contributed by atoms with van der Waals surface area (Å²) >= 11 is 1.48. The molecule has 6 heteroatoms. The number of ether oxygens (including phenoxy) is 1. The number of rotatable bonds is 4. The summed E-state index contributed by atoms with van der Waals surface area (Å²) in [6.07, 6.45) is 1.71. The van der Waals surface area contributed by atoms with Crippen LogP contribution in [0, 0.1) is 0 Å². The van der Waals surface area contributed by atoms with Gasteiger partial charge in [-0.3, -0.25) is 0 Å². The number of carbonyl (C=O) groups is 1. The SMILES string of the molecule is CCOC(=O)c1nc(-c2nccs2)[nH]c1C(C)C. The molecule has 0 saturated carbocycles. The summed E-state index contributed by atoms with van der Waals surface area (Å²) in [4.78, 5) is 23.5. The lowest BCUT2D eigenvalue weighted by Gasteiger charge is -2.04. The van der Waals surface area contributed by atoms with E-state index in [2.05, 4.69) is 15.0 Å². The zero-order valence-corrected chi connectivity index (χ0v) is 11.4. The van der Waals surface area contributed by atoms with Crippen LogP contribution in [-0.2, 0) is 4.74 Å². The largest absolute Gasteiger partial charge is 0.461 e. The molecule has 5 nitrogen and oxygen atoms in total. The van der Waals surface area contributed by atoms with Crippen LogP contribution in [0.3, 0.4) is 0 Å². The molecule has 2 aromatic heterocycles. The molecule has 96 valence electrons. The Morgan fingerprint density at radius 3 is 2.89 bits per heavy atom. The molecule has 0 fully saturated rings. The molecule has 0 aromatic carbocycles. The quantitative estimate of drug-likeness (QED) is 0.863. The Labute approximate surface area is 109 Å². The molecule has 0 spiro atoms. The van der Waals surface area contributed by atoms with Crippen molar-refractivity contribution in [1.82, 2.24) is 15.0 Å². The number of nitrogens with zero attached hydrogens (tertiary/aromatic N) is 2. The van der Waals surface area contributed by atoms with Gasteiger partial charge in [0.1, 0.15) is 0 Å². The van der Waals surface area contributed by atoms with E-state index < -0.39 is 0 Å². The van der Waals surface area contributed by atoms with Crippen molar-refractivity contribution in [3.8, 4) is 10.8 Å². The van der Waals surface area contributed by atoms with E-state index >= 15 is 0 Å². The lowest BCUT2D eigenvalue weighted by Crippen LogP contribution is -2.08. The van der Waals surface area contributed by atoms with Crippen LogP contribution in [0.5, 0.6) is 0 Å². The Morgan fingerprint density at radius 2 is 2.33 bits per heavy atom. The van der Waals surface area contributed by atoms with Crippen molar-refractivity contribution in [2.75, 3.05) is 6.61 Å². The van der Waals surface area contributed by atoms with Crippen molar-refractivity contribution >= 4 is 17.3 Å². The first kappa shape index (κ1) is 12.8. The summed E-state index contributed by atoms with van der Waals surface area (Å²) in [5.41, 5.74) is 1.15. The minimum atomic E-state index is -0.389. The predicted octanol–water partition coefficient (Wildman–Crippen LogP) is 2.83. The van der Waals surface area contributed by atoms with E-state index in [9.17, 15) is 4.79 Å². The minimum absolute atomic E-state index is 0.172. The number of hydrogen-bond acceptors (Lipinski definition) is 5. The maximum atomic E-state index is 11.8. The highest BCUT2D eigenvalue weighted by Crippen LogP contribution is 2.24. The van der Waals surface area contributed by atoms with Crippen molar-refractivity contribution in [3.05, 3.63) is 23.0 Å². The molecular weight excluding hydrogens is 250 g/mol. The Bertz CT molecular complexity index is 532. The average molecular weight is 265 g/mol. The Balaban J connectivity index is 2.42. The normalized spacial score (nSPS) is 10.9. The number of carbonyl (C=O) groups excluding carboxylic acids is 1. The van der Waals surface area contributed by atoms with E-state index in [1.807, 2.05) is 19.2 Å². The van der Waals surface area contributed by atoms with Crippen LogP contribution in [0.1, 0.15) is 42.9 Å². The fourth-order valence-electron chi connectivity index (χ4n) is 1.60. The molecule has 0 saturated heterocycles. The second kappa shape index (κ2) is 5.30. The molecule has 2 aromatic rings. The molecule has 1 N–H and O–H groups in total. The monoisotopic (exact) mass is 265 g/mol. The molecule has 2 heterocycles. The standard InChI is InChI=1S/C12H15N3O2S/c1-4-17-12(16)9-8(7(2)3)14-10(15-9)11-13-5-6-18-11/h5-7H,4H2,1-3H3,(H,14,15). The second-order valence-electron chi connectivity index (χ2n) is 4.06. The second-order valence-corrected chi connectivity index (χ2v) is 4.95. The number of nitrogens with one attached hydrogen (secondary N) is 1. The molecule has 0 unspecified atom stereocenters. The molecule has 0 aliphatic rings. The summed E-state index contributed by atoms with van der Waals surface area (Å²) in [6, 6.07) is 0. The van der Waals surface area contributed by atoms with Crippen LogP contribution in [0.2, 0.25) is 0 Å². The van der Waals surface area contributed by atoms with Crippen molar-refractivity contribution in [2.24, 2.45) is 0 Å². The van der Waals surface area contributed by atoms with Crippen LogP contribution in [0.25, 0.3) is 10.8 Å². The number of thiazole rings is 1. The molecule has 0 aliphatic carbocycles. The van der Waals surface area contributed by atoms with Crippen LogP contribution < -0.4 is 0 Å². The highest BCUT2D eigenvalue weighted by atomic mass is 32.1. The summed E-state index contributed by atoms with van der Waals surface area (Å²) in [7, 11) is 0. The summed E-state index contributed by atoms with van der Waals surface area (Å²) in [5, 5.41) is 2.64. The number of H-pyrrole nitrogens is 1. The lowest BCUT2D eigenvalue weighted by molar-refractivity contribution is 0.0518. The molecule has 0 aliphatic heterocycles. The molecule has 0 atom stereocenters. The van der Waals surface area contributed by atoms with Crippen LogP contribution >= 0.6 is 11.3 Å². The third-order valence-corrected chi connectivity index (χ3v) is 3.19. The predicted molar refractivity (Wildman–Crippen MR) is 69.7 cm³/mol. The first-order valence-corrected chi connectivity index (χ1v) is 6.68. The summed E-state index contributed by atoms with van der Waals surface area (Å²) in [6.45, 7) is 6.13. The Morgan fingerprint density at radius 1 is 1.56 bits per heavy atom. The number of aromatic nitrogens is 3. The molecule has 18 heavy (non-hydrogen) atoms. The van der Waals surface area contributed by atoms with E-state index in [-0.39, 0.29) is 11.9 Å². The van der Waals surface area contributed by atoms with E-state index in [0.29, 0.717) is 18.1 Å². The topological polar surface area (TPSA) is 67.9 Å². The van der Waals surface area contributed by atoms with Gasteiger partial charge < -0.3 is 9.72 Å². The fraction of sp³-hybridized carbons (Fsp3) is 0.417. The number of esters is 1. The van der Waals surface area contributed by atoms with Crippen molar-refractivity contribution in [1.29, 1.82) is 0 Å². The Kier molecular flexibility index (Phi) is 3.76. The zero-order valence-electron chi connectivity index (χ0n) is 10.6. The van der Waals surface area contributed by atoms with Gasteiger partial charge in [0.15, 0.2) is 16.5 Å². The van der Waals surface area contributed by atoms with Gasteiger partial charge in [0, 0.05) is 11.6 Å². The van der Waals surface area contributed by atoms with Gasteiger partial charge in [-0.2, -0.15) is 0 Å². The molecular formula is C12H15N3O2S. The third kappa shape index (κ3) is 2.43. The smallest absolute Gasteiger partial charge is 0.358 e. The maximum Gasteiger partial charge on any atom is 0.358 e. The summed E-state index contributed by atoms with van der Waals surface area (Å²) < 4.78 is 5.01. The molecule has 0 radical (unpaired) electrons. The van der Waals surface area contributed by atoms with E-state index in [0.717, 1.165) is 10.7 Å². The minimum Gasteiger partial charge on any atom is -0.461 e. The fourth-order valence-corrected chi connectivity index (χ4v) is 2.18. The van der Waals surface area contributed by atoms with E-state index in [1.165, 1.54) is 11.3 Å². The highest BCUT2D eigenvalue weighted by Gasteiger charge is 2.21. The van der Waals surface area contributed by atoms with Crippen LogP contribution in [-0.4, -0.2) is 27.5 Å². The van der Waals surface area contributed by atoms with Gasteiger partial charge in [0.05, 0.1) is 12.3 Å². The van der Waals surface area contributed by atoms with Gasteiger partial charge in [-0.05, 0) is 12.8 Å². The van der Waals surface area contributed by atoms with Gasteiger partial charge >= 0.3 is 5.97 Å². The number of hydrogen-bond donors (Lipinski definition) is 1. The zero-order chi connectivity index (χ0) is 13.1. The number of imidazole rings is 1. The van der Waals surface area contributed by atoms with Gasteiger partial charge in [-0.25, -0.2) is 14.8 Å². The van der Waals surface area contributed by atoms with Gasteiger partial charge in [0.25, 0.3) is 0 Å². The van der Waals surface area contributed by atoms with Gasteiger partial charge in [0.2, 0.25) is 0 Å². The molecule has 2 rings (SSSR count). The van der Waals surface area contributed by atoms with Crippen LogP contribution in [0.4, 0.5) is 0 Å². The molecule has 0 bridgehead atoms. The number of aromatic amines is 1. The highest BCUT2D eigenvalue weighted by molar-refractivity contribution is 7.13. The molecule has 0 amide bonds. The van der Waals surface area contributed by atoms with Crippen molar-refractivity contribution in [2.45, 2.75) is 26.7 Å². The van der Waals surface area contributed by atoms with E-state index in [1.54, 1.807) is 13.1 Å². The lowest BCUT2D eigenvalue weighted by atomic mass is 10.1. The summed E-state index contributed by atoms with van der Waals surface area (Å²) in [5.74, 6) is 0.405. The first-order chi connectivity index (χ1) is 8.63. The maximum absolute atomic E-state index is 11.8. The van der Waals surface area contributed by atoms with Gasteiger partial charge in [-0.1, -0.05) is 13.8 Å². The third-order valence-electron chi connectivity index (χ3n) is 2.41. The Hall–Kier alpha value is -1.69. The average Bonchev–Trinajstić information content (AvgIpc) is 2.98. The van der Waals surface area contributed by atoms with Crippen LogP contribution in [0.15, 0.2) is 11.6 Å². The van der Waals surface area contributed by atoms with E-state index in [4.69, 9.17) is 4.74 Å². The van der Waals surface area contributed by atoms with Crippen molar-refractivity contribution < 1.29 is 9.53 Å². The van der Waals surface area contributed by atoms with Gasteiger partial charge in [-0.15, -0.1) is 11.3 Å².